The molecule has 2 amide bonds. The number of nitrogens with zero attached hydrogens (tertiary/aromatic N) is 1. The zero-order valence-corrected chi connectivity index (χ0v) is 13.3. The van der Waals surface area contributed by atoms with Crippen molar-refractivity contribution in [2.45, 2.75) is 45.6 Å². The molecule has 0 aromatic heterocycles. The van der Waals surface area contributed by atoms with Crippen LogP contribution in [0.4, 0.5) is 0 Å². The number of nitrogens with one attached hydrogen (secondary N) is 1. The van der Waals surface area contributed by atoms with Crippen LogP contribution in [0.5, 0.6) is 0 Å². The molecule has 1 saturated heterocycles. The van der Waals surface area contributed by atoms with E-state index in [4.69, 9.17) is 11.5 Å². The molecule has 0 aromatic rings. The number of nitrogens with two attached hydrogens (primary N) is 2. The standard InChI is InChI=1S/C15H30N4O2/c1-11(2)7-12(9-16)8-15(21)18-13-3-5-19(6-4-13)10-14(17)20/h11-13H,3-10,16H2,1-2H3,(H2,17,20)(H,18,21). The lowest BCUT2D eigenvalue weighted by molar-refractivity contribution is -0.123. The van der Waals surface area contributed by atoms with Crippen LogP contribution in [-0.4, -0.2) is 48.9 Å². The molecule has 1 atom stereocenters. The van der Waals surface area contributed by atoms with Crippen molar-refractivity contribution in [3.8, 4) is 0 Å². The summed E-state index contributed by atoms with van der Waals surface area (Å²) in [6.45, 7) is 6.78. The molecular weight excluding hydrogens is 268 g/mol. The van der Waals surface area contributed by atoms with Gasteiger partial charge in [0.25, 0.3) is 0 Å². The third-order valence-electron chi connectivity index (χ3n) is 3.94. The smallest absolute Gasteiger partial charge is 0.231 e. The van der Waals surface area contributed by atoms with E-state index in [1.807, 2.05) is 4.90 Å². The summed E-state index contributed by atoms with van der Waals surface area (Å²) in [5.41, 5.74) is 10.9. The molecule has 1 rings (SSSR count). The summed E-state index contributed by atoms with van der Waals surface area (Å²) >= 11 is 0. The SMILES string of the molecule is CC(C)CC(CN)CC(=O)NC1CCN(CC(N)=O)CC1. The molecule has 5 N–H and O–H groups in total. The van der Waals surface area contributed by atoms with E-state index >= 15 is 0 Å². The van der Waals surface area contributed by atoms with Crippen molar-refractivity contribution in [3.63, 3.8) is 0 Å². The summed E-state index contributed by atoms with van der Waals surface area (Å²) in [6.07, 6.45) is 3.24. The summed E-state index contributed by atoms with van der Waals surface area (Å²) in [6, 6.07) is 0.208. The van der Waals surface area contributed by atoms with Gasteiger partial charge in [0.1, 0.15) is 0 Å². The van der Waals surface area contributed by atoms with Gasteiger partial charge in [-0.2, -0.15) is 0 Å². The minimum Gasteiger partial charge on any atom is -0.369 e. The van der Waals surface area contributed by atoms with Gasteiger partial charge in [0, 0.05) is 25.6 Å². The van der Waals surface area contributed by atoms with Gasteiger partial charge in [-0.3, -0.25) is 14.5 Å². The van der Waals surface area contributed by atoms with Gasteiger partial charge in [-0.15, -0.1) is 0 Å². The molecule has 1 unspecified atom stereocenters. The van der Waals surface area contributed by atoms with Crippen LogP contribution >= 0.6 is 0 Å². The van der Waals surface area contributed by atoms with E-state index in [1.165, 1.54) is 0 Å². The maximum Gasteiger partial charge on any atom is 0.231 e. The Hall–Kier alpha value is -1.14. The van der Waals surface area contributed by atoms with Gasteiger partial charge in [0.2, 0.25) is 11.8 Å². The molecule has 0 radical (unpaired) electrons. The van der Waals surface area contributed by atoms with Crippen molar-refractivity contribution in [2.24, 2.45) is 23.3 Å². The molecular formula is C15H30N4O2. The predicted octanol–water partition coefficient (Wildman–Crippen LogP) is 0.0634. The zero-order chi connectivity index (χ0) is 15.8. The van der Waals surface area contributed by atoms with Gasteiger partial charge < -0.3 is 16.8 Å². The van der Waals surface area contributed by atoms with Crippen LogP contribution in [0.15, 0.2) is 0 Å². The molecule has 0 aliphatic carbocycles. The first-order valence-electron chi connectivity index (χ1n) is 7.90. The van der Waals surface area contributed by atoms with Crippen molar-refractivity contribution in [2.75, 3.05) is 26.2 Å². The van der Waals surface area contributed by atoms with E-state index in [0.29, 0.717) is 25.4 Å². The molecule has 6 heteroatoms. The van der Waals surface area contributed by atoms with E-state index in [-0.39, 0.29) is 23.8 Å². The molecule has 6 nitrogen and oxygen atoms in total. The van der Waals surface area contributed by atoms with E-state index in [0.717, 1.165) is 32.4 Å². The molecule has 1 aliphatic rings. The van der Waals surface area contributed by atoms with Crippen LogP contribution in [0.1, 0.15) is 39.5 Å². The topological polar surface area (TPSA) is 101 Å². The lowest BCUT2D eigenvalue weighted by Crippen LogP contribution is -2.47. The molecule has 1 aliphatic heterocycles. The number of carbonyl (C=O) groups is 2. The van der Waals surface area contributed by atoms with Crippen molar-refractivity contribution in [3.05, 3.63) is 0 Å². The van der Waals surface area contributed by atoms with Crippen LogP contribution in [0.25, 0.3) is 0 Å². The van der Waals surface area contributed by atoms with Gasteiger partial charge in [0.05, 0.1) is 6.54 Å². The average molecular weight is 298 g/mol. The highest BCUT2D eigenvalue weighted by atomic mass is 16.2. The van der Waals surface area contributed by atoms with E-state index in [2.05, 4.69) is 19.2 Å². The number of likely N-dealkylation sites (tertiary alicyclic amines) is 1. The number of amides is 2. The Morgan fingerprint density at radius 3 is 2.38 bits per heavy atom. The third-order valence-corrected chi connectivity index (χ3v) is 3.94. The van der Waals surface area contributed by atoms with Crippen LogP contribution in [0, 0.1) is 11.8 Å². The summed E-state index contributed by atoms with van der Waals surface area (Å²) in [4.78, 5) is 25.0. The maximum atomic E-state index is 12.1. The Kier molecular flexibility index (Phi) is 7.67. The lowest BCUT2D eigenvalue weighted by Gasteiger charge is -2.31. The highest BCUT2D eigenvalue weighted by Gasteiger charge is 2.22. The second-order valence-corrected chi connectivity index (χ2v) is 6.52. The number of primary amides is 1. The number of piperidine rings is 1. The van der Waals surface area contributed by atoms with Gasteiger partial charge in [-0.1, -0.05) is 13.8 Å². The van der Waals surface area contributed by atoms with Gasteiger partial charge in [-0.05, 0) is 37.6 Å². The van der Waals surface area contributed by atoms with Crippen LogP contribution in [-0.2, 0) is 9.59 Å². The Bertz CT molecular complexity index is 339. The lowest BCUT2D eigenvalue weighted by atomic mass is 9.93. The normalized spacial score (nSPS) is 18.7. The average Bonchev–Trinajstić information content (AvgIpc) is 2.39. The second-order valence-electron chi connectivity index (χ2n) is 6.52. The van der Waals surface area contributed by atoms with E-state index < -0.39 is 0 Å². The molecule has 1 heterocycles. The molecule has 0 aromatic carbocycles. The number of hydrogen-bond acceptors (Lipinski definition) is 4. The summed E-state index contributed by atoms with van der Waals surface area (Å²) in [7, 11) is 0. The first kappa shape index (κ1) is 17.9. The number of carbonyl (C=O) groups excluding carboxylic acids is 2. The summed E-state index contributed by atoms with van der Waals surface area (Å²) in [5.74, 6) is 0.625. The van der Waals surface area contributed by atoms with Crippen LogP contribution in [0.3, 0.4) is 0 Å². The first-order chi connectivity index (χ1) is 9.90. The van der Waals surface area contributed by atoms with Gasteiger partial charge in [-0.25, -0.2) is 0 Å². The van der Waals surface area contributed by atoms with Crippen molar-refractivity contribution in [1.82, 2.24) is 10.2 Å². The minimum atomic E-state index is -0.294. The maximum absolute atomic E-state index is 12.1. The predicted molar refractivity (Wildman–Crippen MR) is 83.4 cm³/mol. The molecule has 0 bridgehead atoms. The minimum absolute atomic E-state index is 0.0967. The first-order valence-corrected chi connectivity index (χ1v) is 7.90. The Labute approximate surface area is 127 Å². The Morgan fingerprint density at radius 1 is 1.29 bits per heavy atom. The molecule has 122 valence electrons. The molecule has 0 saturated carbocycles. The van der Waals surface area contributed by atoms with E-state index in [9.17, 15) is 9.59 Å². The molecule has 1 fully saturated rings. The fraction of sp³-hybridized carbons (Fsp3) is 0.867. The Morgan fingerprint density at radius 2 is 1.90 bits per heavy atom. The molecule has 0 spiro atoms. The van der Waals surface area contributed by atoms with Crippen molar-refractivity contribution < 1.29 is 9.59 Å². The largest absolute Gasteiger partial charge is 0.369 e. The van der Waals surface area contributed by atoms with Gasteiger partial charge >= 0.3 is 0 Å². The van der Waals surface area contributed by atoms with Crippen LogP contribution in [0.2, 0.25) is 0 Å². The van der Waals surface area contributed by atoms with Gasteiger partial charge in [0.15, 0.2) is 0 Å². The highest BCUT2D eigenvalue weighted by molar-refractivity contribution is 5.76. The van der Waals surface area contributed by atoms with Crippen molar-refractivity contribution >= 4 is 11.8 Å². The summed E-state index contributed by atoms with van der Waals surface area (Å²) in [5, 5.41) is 3.09. The van der Waals surface area contributed by atoms with Crippen molar-refractivity contribution in [1.29, 1.82) is 0 Å². The quantitative estimate of drug-likeness (QED) is 0.590. The highest BCUT2D eigenvalue weighted by Crippen LogP contribution is 2.15. The van der Waals surface area contributed by atoms with Crippen LogP contribution < -0.4 is 16.8 Å². The fourth-order valence-corrected chi connectivity index (χ4v) is 2.93. The fourth-order valence-electron chi connectivity index (χ4n) is 2.93. The zero-order valence-electron chi connectivity index (χ0n) is 13.3. The summed E-state index contributed by atoms with van der Waals surface area (Å²) < 4.78 is 0. The van der Waals surface area contributed by atoms with E-state index in [1.54, 1.807) is 0 Å². The third kappa shape index (κ3) is 7.43. The Balaban J connectivity index is 2.28. The number of rotatable bonds is 8. The monoisotopic (exact) mass is 298 g/mol. The number of hydrogen-bond donors (Lipinski definition) is 3. The molecule has 21 heavy (non-hydrogen) atoms. The second kappa shape index (κ2) is 9.00.